The van der Waals surface area contributed by atoms with Crippen molar-refractivity contribution in [2.24, 2.45) is 5.84 Å². The third-order valence-electron chi connectivity index (χ3n) is 2.46. The number of benzene rings is 1. The fraction of sp³-hybridized carbons (Fsp3) is 0.0909. The van der Waals surface area contributed by atoms with Crippen molar-refractivity contribution in [3.63, 3.8) is 0 Å². The van der Waals surface area contributed by atoms with E-state index in [2.05, 4.69) is 15.4 Å². The van der Waals surface area contributed by atoms with E-state index in [0.29, 0.717) is 10.8 Å². The average Bonchev–Trinajstić information content (AvgIpc) is 2.42. The fourth-order valence-electron chi connectivity index (χ4n) is 1.50. The van der Waals surface area contributed by atoms with Gasteiger partial charge < -0.3 is 10.2 Å². The van der Waals surface area contributed by atoms with Crippen LogP contribution in [0.25, 0.3) is 0 Å². The highest BCUT2D eigenvalue weighted by Gasteiger charge is 2.24. The minimum atomic E-state index is -0.676. The predicted molar refractivity (Wildman–Crippen MR) is 72.8 cm³/mol. The van der Waals surface area contributed by atoms with Crippen LogP contribution in [-0.4, -0.2) is 14.9 Å². The van der Waals surface area contributed by atoms with E-state index in [1.54, 1.807) is 19.1 Å². The number of nitrogens with two attached hydrogens (primary N) is 1. The van der Waals surface area contributed by atoms with Crippen LogP contribution in [0.5, 0.6) is 11.6 Å². The lowest BCUT2D eigenvalue weighted by atomic mass is 10.2. The van der Waals surface area contributed by atoms with Crippen LogP contribution >= 0.6 is 11.6 Å². The standard InChI is InChI=1S/C11H10ClN5O3/c1-6-2-3-7(12)4-8(6)20-11-9(17(18)19)10(16-13)14-5-15-11/h2-5H,13H2,1H3,(H,14,15,16). The number of aromatic nitrogens is 2. The molecule has 0 spiro atoms. The van der Waals surface area contributed by atoms with Gasteiger partial charge in [-0.1, -0.05) is 17.7 Å². The summed E-state index contributed by atoms with van der Waals surface area (Å²) in [6.07, 6.45) is 1.11. The Morgan fingerprint density at radius 2 is 2.20 bits per heavy atom. The third kappa shape index (κ3) is 2.76. The number of aryl methyl sites for hydroxylation is 1. The highest BCUT2D eigenvalue weighted by Crippen LogP contribution is 2.35. The number of nitro groups is 1. The van der Waals surface area contributed by atoms with Crippen LogP contribution in [0.2, 0.25) is 5.02 Å². The summed E-state index contributed by atoms with van der Waals surface area (Å²) in [6, 6.07) is 4.95. The van der Waals surface area contributed by atoms with Gasteiger partial charge in [-0.05, 0) is 24.6 Å². The molecule has 1 aromatic heterocycles. The summed E-state index contributed by atoms with van der Waals surface area (Å²) in [5.74, 6) is 5.19. The lowest BCUT2D eigenvalue weighted by molar-refractivity contribution is -0.385. The zero-order valence-electron chi connectivity index (χ0n) is 10.3. The first-order valence-electron chi connectivity index (χ1n) is 5.43. The second kappa shape index (κ2) is 5.68. The quantitative estimate of drug-likeness (QED) is 0.505. The highest BCUT2D eigenvalue weighted by atomic mass is 35.5. The van der Waals surface area contributed by atoms with E-state index in [4.69, 9.17) is 22.2 Å². The number of hydrogen-bond donors (Lipinski definition) is 2. The van der Waals surface area contributed by atoms with Crippen LogP contribution in [0.15, 0.2) is 24.5 Å². The summed E-state index contributed by atoms with van der Waals surface area (Å²) in [6.45, 7) is 1.78. The molecular formula is C11H10ClN5O3. The smallest absolute Gasteiger partial charge is 0.374 e. The highest BCUT2D eigenvalue weighted by molar-refractivity contribution is 6.30. The average molecular weight is 296 g/mol. The molecule has 0 aliphatic heterocycles. The van der Waals surface area contributed by atoms with E-state index in [-0.39, 0.29) is 11.7 Å². The van der Waals surface area contributed by atoms with Gasteiger partial charge in [0.15, 0.2) is 0 Å². The van der Waals surface area contributed by atoms with Crippen molar-refractivity contribution >= 4 is 23.1 Å². The number of hydrogen-bond acceptors (Lipinski definition) is 7. The number of nitrogens with zero attached hydrogens (tertiary/aromatic N) is 3. The molecular weight excluding hydrogens is 286 g/mol. The van der Waals surface area contributed by atoms with Gasteiger partial charge in [-0.3, -0.25) is 10.1 Å². The number of nitrogen functional groups attached to an aromatic ring is 1. The molecule has 8 nitrogen and oxygen atoms in total. The molecule has 0 saturated heterocycles. The van der Waals surface area contributed by atoms with Crippen LogP contribution in [0.3, 0.4) is 0 Å². The van der Waals surface area contributed by atoms with Gasteiger partial charge in [-0.15, -0.1) is 0 Å². The monoisotopic (exact) mass is 295 g/mol. The molecule has 3 N–H and O–H groups in total. The molecule has 104 valence electrons. The predicted octanol–water partition coefficient (Wildman–Crippen LogP) is 2.42. The van der Waals surface area contributed by atoms with Crippen molar-refractivity contribution < 1.29 is 9.66 Å². The number of nitrogens with one attached hydrogen (secondary N) is 1. The summed E-state index contributed by atoms with van der Waals surface area (Å²) in [5, 5.41) is 11.5. The molecule has 0 atom stereocenters. The van der Waals surface area contributed by atoms with Crippen LogP contribution < -0.4 is 16.0 Å². The van der Waals surface area contributed by atoms with E-state index >= 15 is 0 Å². The second-order valence-corrected chi connectivity index (χ2v) is 4.23. The Bertz CT molecular complexity index is 665. The Kier molecular flexibility index (Phi) is 3.97. The lowest BCUT2D eigenvalue weighted by Gasteiger charge is -2.09. The molecule has 0 fully saturated rings. The Morgan fingerprint density at radius 3 is 2.85 bits per heavy atom. The number of halogens is 1. The van der Waals surface area contributed by atoms with Crippen molar-refractivity contribution in [2.45, 2.75) is 6.92 Å². The Labute approximate surface area is 118 Å². The van der Waals surface area contributed by atoms with E-state index in [1.165, 1.54) is 6.07 Å². The maximum Gasteiger partial charge on any atom is 0.374 e. The van der Waals surface area contributed by atoms with Gasteiger partial charge in [0.05, 0.1) is 4.92 Å². The van der Waals surface area contributed by atoms with Crippen molar-refractivity contribution in [2.75, 3.05) is 5.43 Å². The maximum atomic E-state index is 11.1. The van der Waals surface area contributed by atoms with Crippen molar-refractivity contribution in [3.05, 3.63) is 45.2 Å². The maximum absolute atomic E-state index is 11.1. The first-order chi connectivity index (χ1) is 9.52. The van der Waals surface area contributed by atoms with Crippen molar-refractivity contribution in [1.82, 2.24) is 9.97 Å². The third-order valence-corrected chi connectivity index (χ3v) is 2.70. The van der Waals surface area contributed by atoms with Crippen LogP contribution in [0.1, 0.15) is 5.56 Å². The molecule has 1 heterocycles. The molecule has 9 heteroatoms. The summed E-state index contributed by atoms with van der Waals surface area (Å²) in [7, 11) is 0. The molecule has 0 bridgehead atoms. The number of rotatable bonds is 4. The number of hydrazine groups is 1. The van der Waals surface area contributed by atoms with Gasteiger partial charge in [-0.25, -0.2) is 10.8 Å². The molecule has 2 aromatic rings. The van der Waals surface area contributed by atoms with Gasteiger partial charge in [0, 0.05) is 5.02 Å². The Morgan fingerprint density at radius 1 is 1.45 bits per heavy atom. The topological polar surface area (TPSA) is 116 Å². The first-order valence-corrected chi connectivity index (χ1v) is 5.80. The summed E-state index contributed by atoms with van der Waals surface area (Å²) < 4.78 is 5.45. The summed E-state index contributed by atoms with van der Waals surface area (Å²) >= 11 is 5.86. The SMILES string of the molecule is Cc1ccc(Cl)cc1Oc1ncnc(NN)c1[N+](=O)[O-]. The molecule has 0 amide bonds. The normalized spacial score (nSPS) is 10.2. The lowest BCUT2D eigenvalue weighted by Crippen LogP contribution is -2.12. The van der Waals surface area contributed by atoms with Gasteiger partial charge in [0.1, 0.15) is 12.1 Å². The zero-order valence-corrected chi connectivity index (χ0v) is 11.1. The molecule has 0 unspecified atom stereocenters. The summed E-state index contributed by atoms with van der Waals surface area (Å²) in [5.41, 5.74) is 2.43. The van der Waals surface area contributed by atoms with Crippen molar-refractivity contribution in [1.29, 1.82) is 0 Å². The molecule has 20 heavy (non-hydrogen) atoms. The van der Waals surface area contributed by atoms with Crippen molar-refractivity contribution in [3.8, 4) is 11.6 Å². The van der Waals surface area contributed by atoms with E-state index in [0.717, 1.165) is 11.9 Å². The minimum Gasteiger partial charge on any atom is -0.433 e. The number of ether oxygens (including phenoxy) is 1. The van der Waals surface area contributed by atoms with E-state index < -0.39 is 10.6 Å². The molecule has 0 aliphatic carbocycles. The fourth-order valence-corrected chi connectivity index (χ4v) is 1.66. The van der Waals surface area contributed by atoms with Crippen LogP contribution in [0, 0.1) is 17.0 Å². The molecule has 0 aliphatic rings. The van der Waals surface area contributed by atoms with E-state index in [1.807, 2.05) is 0 Å². The van der Waals surface area contributed by atoms with Gasteiger partial charge in [0.25, 0.3) is 0 Å². The minimum absolute atomic E-state index is 0.139. The number of anilines is 1. The molecule has 0 saturated carbocycles. The molecule has 2 rings (SSSR count). The largest absolute Gasteiger partial charge is 0.433 e. The Hall–Kier alpha value is -2.45. The Balaban J connectivity index is 2.48. The van der Waals surface area contributed by atoms with Crippen LogP contribution in [0.4, 0.5) is 11.5 Å². The van der Waals surface area contributed by atoms with Gasteiger partial charge in [0.2, 0.25) is 5.82 Å². The summed E-state index contributed by atoms with van der Waals surface area (Å²) in [4.78, 5) is 17.8. The van der Waals surface area contributed by atoms with Gasteiger partial charge >= 0.3 is 11.6 Å². The van der Waals surface area contributed by atoms with E-state index in [9.17, 15) is 10.1 Å². The first kappa shape index (κ1) is 14.0. The molecule has 1 aromatic carbocycles. The molecule has 0 radical (unpaired) electrons. The second-order valence-electron chi connectivity index (χ2n) is 3.79. The zero-order chi connectivity index (χ0) is 14.7. The van der Waals surface area contributed by atoms with Crippen LogP contribution in [-0.2, 0) is 0 Å². The van der Waals surface area contributed by atoms with Gasteiger partial charge in [-0.2, -0.15) is 4.98 Å².